The molecule has 0 aromatic heterocycles. The van der Waals surface area contributed by atoms with Crippen molar-refractivity contribution in [2.45, 2.75) is 37.7 Å². The van der Waals surface area contributed by atoms with Crippen LogP contribution in [0.15, 0.2) is 24.3 Å². The largest absolute Gasteiger partial charge is 0.461 e. The summed E-state index contributed by atoms with van der Waals surface area (Å²) in [6, 6.07) is 8.43. The molecule has 2 aliphatic rings. The van der Waals surface area contributed by atoms with Crippen LogP contribution < -0.4 is 0 Å². The summed E-state index contributed by atoms with van der Waals surface area (Å²) in [7, 11) is 0. The van der Waals surface area contributed by atoms with Gasteiger partial charge in [-0.3, -0.25) is 4.79 Å². The van der Waals surface area contributed by atoms with Crippen molar-refractivity contribution < 1.29 is 9.53 Å². The lowest BCUT2D eigenvalue weighted by Crippen LogP contribution is -2.37. The molecule has 0 bridgehead atoms. The molecular formula is C13H14O2. The summed E-state index contributed by atoms with van der Waals surface area (Å²) in [5.41, 5.74) is 2.62. The number of fused-ring (bicyclic) bond motifs is 3. The van der Waals surface area contributed by atoms with Crippen molar-refractivity contribution in [3.05, 3.63) is 35.4 Å². The lowest BCUT2D eigenvalue weighted by molar-refractivity contribution is -0.141. The zero-order chi connectivity index (χ0) is 10.5. The third-order valence-corrected chi connectivity index (χ3v) is 3.80. The fraction of sp³-hybridized carbons (Fsp3) is 0.462. The predicted molar refractivity (Wildman–Crippen MR) is 56.6 cm³/mol. The standard InChI is InChI=1S/C13H14O2/c1-13-8-12(14)15-11(13)7-6-9-4-2-3-5-10(9)13/h2-5,11H,6-8H2,1H3/t11-,13+/m0/s1. The molecule has 0 saturated carbocycles. The predicted octanol–water partition coefficient (Wildman–Crippen LogP) is 2.21. The van der Waals surface area contributed by atoms with Crippen LogP contribution in [0.3, 0.4) is 0 Å². The van der Waals surface area contributed by atoms with Crippen LogP contribution in [-0.2, 0) is 21.4 Å². The van der Waals surface area contributed by atoms with E-state index in [2.05, 4.69) is 31.2 Å². The lowest BCUT2D eigenvalue weighted by atomic mass is 9.69. The Morgan fingerprint density at radius 3 is 3.07 bits per heavy atom. The van der Waals surface area contributed by atoms with Gasteiger partial charge in [-0.1, -0.05) is 31.2 Å². The molecule has 1 heterocycles. The van der Waals surface area contributed by atoms with E-state index in [1.165, 1.54) is 11.1 Å². The summed E-state index contributed by atoms with van der Waals surface area (Å²) in [6.07, 6.45) is 2.64. The maximum Gasteiger partial charge on any atom is 0.307 e. The third kappa shape index (κ3) is 1.14. The molecule has 0 amide bonds. The summed E-state index contributed by atoms with van der Waals surface area (Å²) in [5, 5.41) is 0. The first-order chi connectivity index (χ1) is 7.20. The van der Waals surface area contributed by atoms with Crippen molar-refractivity contribution in [1.29, 1.82) is 0 Å². The molecule has 1 saturated heterocycles. The van der Waals surface area contributed by atoms with Gasteiger partial charge < -0.3 is 4.74 Å². The van der Waals surface area contributed by atoms with Gasteiger partial charge in [0.05, 0.1) is 6.42 Å². The smallest absolute Gasteiger partial charge is 0.307 e. The van der Waals surface area contributed by atoms with Crippen LogP contribution in [0.4, 0.5) is 0 Å². The molecule has 1 aromatic carbocycles. The first-order valence-corrected chi connectivity index (χ1v) is 5.48. The second kappa shape index (κ2) is 2.84. The highest BCUT2D eigenvalue weighted by Crippen LogP contribution is 2.45. The van der Waals surface area contributed by atoms with E-state index in [4.69, 9.17) is 4.74 Å². The van der Waals surface area contributed by atoms with Crippen molar-refractivity contribution in [3.63, 3.8) is 0 Å². The third-order valence-electron chi connectivity index (χ3n) is 3.80. The van der Waals surface area contributed by atoms with Crippen LogP contribution in [0.25, 0.3) is 0 Å². The van der Waals surface area contributed by atoms with Crippen molar-refractivity contribution in [1.82, 2.24) is 0 Å². The molecule has 15 heavy (non-hydrogen) atoms. The molecular weight excluding hydrogens is 188 g/mol. The van der Waals surface area contributed by atoms with Crippen molar-refractivity contribution in [2.75, 3.05) is 0 Å². The van der Waals surface area contributed by atoms with Crippen LogP contribution in [0, 0.1) is 0 Å². The van der Waals surface area contributed by atoms with E-state index in [0.717, 1.165) is 12.8 Å². The molecule has 3 rings (SSSR count). The molecule has 0 spiro atoms. The second-order valence-corrected chi connectivity index (χ2v) is 4.77. The Bertz CT molecular complexity index is 424. The van der Waals surface area contributed by atoms with Crippen LogP contribution in [0.1, 0.15) is 30.9 Å². The van der Waals surface area contributed by atoms with Crippen LogP contribution in [0.2, 0.25) is 0 Å². The number of benzene rings is 1. The molecule has 78 valence electrons. The first kappa shape index (κ1) is 8.96. The number of hydrogen-bond donors (Lipinski definition) is 0. The number of ether oxygens (including phenoxy) is 1. The Balaban J connectivity index is 2.15. The van der Waals surface area contributed by atoms with E-state index in [0.29, 0.717) is 6.42 Å². The van der Waals surface area contributed by atoms with Gasteiger partial charge in [-0.2, -0.15) is 0 Å². The number of hydrogen-bond acceptors (Lipinski definition) is 2. The maximum atomic E-state index is 11.4. The Labute approximate surface area is 89.2 Å². The molecule has 1 aromatic rings. The molecule has 1 aliphatic carbocycles. The molecule has 1 fully saturated rings. The van der Waals surface area contributed by atoms with E-state index in [1.807, 2.05) is 0 Å². The molecule has 2 nitrogen and oxygen atoms in total. The minimum absolute atomic E-state index is 0.0424. The molecule has 1 aliphatic heterocycles. The number of carbonyl (C=O) groups is 1. The van der Waals surface area contributed by atoms with Gasteiger partial charge in [-0.15, -0.1) is 0 Å². The SMILES string of the molecule is C[C@]12CC(=O)O[C@H]1CCc1ccccc12. The number of aryl methyl sites for hydroxylation is 1. The zero-order valence-electron chi connectivity index (χ0n) is 8.82. The second-order valence-electron chi connectivity index (χ2n) is 4.77. The van der Waals surface area contributed by atoms with Gasteiger partial charge in [0.25, 0.3) is 0 Å². The first-order valence-electron chi connectivity index (χ1n) is 5.48. The van der Waals surface area contributed by atoms with E-state index in [-0.39, 0.29) is 17.5 Å². The van der Waals surface area contributed by atoms with Gasteiger partial charge in [0.1, 0.15) is 6.10 Å². The minimum atomic E-state index is -0.0775. The van der Waals surface area contributed by atoms with Crippen LogP contribution in [-0.4, -0.2) is 12.1 Å². The Kier molecular flexibility index (Phi) is 1.70. The molecule has 2 atom stereocenters. The van der Waals surface area contributed by atoms with E-state index in [1.54, 1.807) is 0 Å². The zero-order valence-corrected chi connectivity index (χ0v) is 8.82. The van der Waals surface area contributed by atoms with Gasteiger partial charge in [0.15, 0.2) is 0 Å². The van der Waals surface area contributed by atoms with Crippen LogP contribution in [0.5, 0.6) is 0 Å². The van der Waals surface area contributed by atoms with Gasteiger partial charge >= 0.3 is 5.97 Å². The maximum absolute atomic E-state index is 11.4. The molecule has 2 heteroatoms. The summed E-state index contributed by atoms with van der Waals surface area (Å²) in [5.74, 6) is -0.0424. The van der Waals surface area contributed by atoms with Gasteiger partial charge in [-0.25, -0.2) is 0 Å². The average molecular weight is 202 g/mol. The lowest BCUT2D eigenvalue weighted by Gasteiger charge is -2.35. The summed E-state index contributed by atoms with van der Waals surface area (Å²) < 4.78 is 5.39. The Hall–Kier alpha value is -1.31. The molecule has 0 N–H and O–H groups in total. The topological polar surface area (TPSA) is 26.3 Å². The van der Waals surface area contributed by atoms with Crippen LogP contribution >= 0.6 is 0 Å². The highest BCUT2D eigenvalue weighted by Gasteiger charge is 2.49. The number of esters is 1. The molecule has 0 radical (unpaired) electrons. The van der Waals surface area contributed by atoms with E-state index in [9.17, 15) is 4.79 Å². The minimum Gasteiger partial charge on any atom is -0.461 e. The van der Waals surface area contributed by atoms with E-state index >= 15 is 0 Å². The highest BCUT2D eigenvalue weighted by molar-refractivity contribution is 5.75. The Morgan fingerprint density at radius 2 is 2.20 bits per heavy atom. The monoisotopic (exact) mass is 202 g/mol. The van der Waals surface area contributed by atoms with Crippen molar-refractivity contribution >= 4 is 5.97 Å². The Morgan fingerprint density at radius 1 is 1.40 bits per heavy atom. The van der Waals surface area contributed by atoms with Gasteiger partial charge in [0, 0.05) is 5.41 Å². The van der Waals surface area contributed by atoms with E-state index < -0.39 is 0 Å². The van der Waals surface area contributed by atoms with Gasteiger partial charge in [-0.05, 0) is 24.0 Å². The number of rotatable bonds is 0. The number of carbonyl (C=O) groups excluding carboxylic acids is 1. The normalized spacial score (nSPS) is 33.1. The summed E-state index contributed by atoms with van der Waals surface area (Å²) >= 11 is 0. The average Bonchev–Trinajstić information content (AvgIpc) is 2.53. The fourth-order valence-corrected chi connectivity index (χ4v) is 2.97. The quantitative estimate of drug-likeness (QED) is 0.603. The summed E-state index contributed by atoms with van der Waals surface area (Å²) in [4.78, 5) is 11.4. The van der Waals surface area contributed by atoms with Crippen molar-refractivity contribution in [2.24, 2.45) is 0 Å². The highest BCUT2D eigenvalue weighted by atomic mass is 16.6. The van der Waals surface area contributed by atoms with Gasteiger partial charge in [0.2, 0.25) is 0 Å². The molecule has 0 unspecified atom stereocenters. The fourth-order valence-electron chi connectivity index (χ4n) is 2.97. The summed E-state index contributed by atoms with van der Waals surface area (Å²) in [6.45, 7) is 2.15. The van der Waals surface area contributed by atoms with Crippen molar-refractivity contribution in [3.8, 4) is 0 Å².